The van der Waals surface area contributed by atoms with Crippen molar-refractivity contribution in [1.29, 1.82) is 0 Å². The second kappa shape index (κ2) is 12.6. The zero-order chi connectivity index (χ0) is 33.3. The van der Waals surface area contributed by atoms with Gasteiger partial charge < -0.3 is 19.5 Å². The number of carbonyl (C=O) groups is 2. The number of anilines is 1. The van der Waals surface area contributed by atoms with Crippen LogP contribution in [0.4, 0.5) is 37.0 Å². The number of alkyl halides is 3. The fourth-order valence-electron chi connectivity index (χ4n) is 4.64. The molecule has 0 bridgehead atoms. The number of imidazole rings is 1. The average Bonchev–Trinajstić information content (AvgIpc) is 3.28. The Labute approximate surface area is 254 Å². The van der Waals surface area contributed by atoms with E-state index in [0.29, 0.717) is 12.1 Å². The highest BCUT2D eigenvalue weighted by molar-refractivity contribution is 7.92. The summed E-state index contributed by atoms with van der Waals surface area (Å²) in [6.07, 6.45) is -6.97. The summed E-state index contributed by atoms with van der Waals surface area (Å²) in [7, 11) is -4.36. The molecule has 3 aromatic rings. The van der Waals surface area contributed by atoms with E-state index >= 15 is 0 Å². The highest BCUT2D eigenvalue weighted by Gasteiger charge is 2.41. The van der Waals surface area contributed by atoms with E-state index < -0.39 is 94.9 Å². The lowest BCUT2D eigenvalue weighted by atomic mass is 10.0. The highest BCUT2D eigenvalue weighted by Crippen LogP contribution is 2.35. The Hall–Kier alpha value is -4.28. The first-order chi connectivity index (χ1) is 20.8. The van der Waals surface area contributed by atoms with Crippen LogP contribution in [0.1, 0.15) is 44.3 Å². The smallest absolute Gasteiger partial charge is 0.444 e. The Morgan fingerprint density at radius 3 is 2.27 bits per heavy atom. The molecule has 0 aliphatic carbocycles. The minimum atomic E-state index is -4.95. The maximum Gasteiger partial charge on any atom is 0.449 e. The van der Waals surface area contributed by atoms with E-state index in [2.05, 4.69) is 15.0 Å². The number of nitrogens with zero attached hydrogens (tertiary/aromatic N) is 3. The van der Waals surface area contributed by atoms with Crippen LogP contribution >= 0.6 is 0 Å². The molecule has 1 atom stereocenters. The number of amides is 2. The number of hydrogen-bond donors (Lipinski definition) is 2. The van der Waals surface area contributed by atoms with Gasteiger partial charge in [0.25, 0.3) is 10.0 Å². The van der Waals surface area contributed by atoms with Crippen molar-refractivity contribution in [2.75, 3.05) is 11.3 Å². The first-order valence-corrected chi connectivity index (χ1v) is 15.0. The van der Waals surface area contributed by atoms with Crippen molar-refractivity contribution in [3.63, 3.8) is 0 Å². The van der Waals surface area contributed by atoms with Gasteiger partial charge in [0, 0.05) is 31.6 Å². The lowest BCUT2D eigenvalue weighted by molar-refractivity contribution is -0.148. The molecule has 0 spiro atoms. The van der Waals surface area contributed by atoms with E-state index in [9.17, 15) is 44.3 Å². The van der Waals surface area contributed by atoms with Crippen molar-refractivity contribution in [1.82, 2.24) is 19.8 Å². The van der Waals surface area contributed by atoms with Gasteiger partial charge in [-0.2, -0.15) is 13.2 Å². The van der Waals surface area contributed by atoms with Crippen LogP contribution < -0.4 is 10.0 Å². The fourth-order valence-corrected chi connectivity index (χ4v) is 5.69. The second-order valence-corrected chi connectivity index (χ2v) is 12.9. The van der Waals surface area contributed by atoms with Crippen LogP contribution in [-0.4, -0.2) is 53.1 Å². The molecule has 0 radical (unpaired) electrons. The number of halogens is 6. The molecule has 10 nitrogen and oxygen atoms in total. The summed E-state index contributed by atoms with van der Waals surface area (Å²) in [6.45, 7) is 3.53. The Morgan fingerprint density at radius 1 is 1.00 bits per heavy atom. The van der Waals surface area contributed by atoms with Gasteiger partial charge in [-0.1, -0.05) is 18.2 Å². The third-order valence-electron chi connectivity index (χ3n) is 6.60. The van der Waals surface area contributed by atoms with Crippen LogP contribution in [0.3, 0.4) is 0 Å². The molecule has 2 aromatic carbocycles. The largest absolute Gasteiger partial charge is 0.449 e. The van der Waals surface area contributed by atoms with Crippen LogP contribution in [0.2, 0.25) is 0 Å². The summed E-state index contributed by atoms with van der Waals surface area (Å²) >= 11 is 0. The molecule has 244 valence electrons. The molecule has 1 aliphatic heterocycles. The van der Waals surface area contributed by atoms with Crippen molar-refractivity contribution in [3.05, 3.63) is 77.0 Å². The van der Waals surface area contributed by atoms with Gasteiger partial charge in [0.1, 0.15) is 11.4 Å². The monoisotopic (exact) mass is 661 g/mol. The molecule has 1 aromatic heterocycles. The van der Waals surface area contributed by atoms with Gasteiger partial charge in [-0.15, -0.1) is 0 Å². The Bertz CT molecular complexity index is 1690. The van der Waals surface area contributed by atoms with Crippen LogP contribution in [0, 0.1) is 17.5 Å². The van der Waals surface area contributed by atoms with Crippen molar-refractivity contribution in [2.24, 2.45) is 0 Å². The molecule has 0 fully saturated rings. The lowest BCUT2D eigenvalue weighted by Crippen LogP contribution is -2.45. The van der Waals surface area contributed by atoms with E-state index in [-0.39, 0.29) is 22.7 Å². The van der Waals surface area contributed by atoms with Gasteiger partial charge in [0.05, 0.1) is 17.1 Å². The molecular weight excluding hydrogens is 632 g/mol. The normalized spacial score (nSPS) is 14.5. The number of fused-ring (bicyclic) bond motifs is 1. The zero-order valence-electron chi connectivity index (χ0n) is 24.2. The predicted molar refractivity (Wildman–Crippen MR) is 148 cm³/mol. The number of ether oxygens (including phenoxy) is 1. The van der Waals surface area contributed by atoms with Gasteiger partial charge in [0.15, 0.2) is 17.5 Å². The van der Waals surface area contributed by atoms with Crippen molar-refractivity contribution in [3.8, 4) is 0 Å². The van der Waals surface area contributed by atoms with E-state index in [1.165, 1.54) is 24.3 Å². The van der Waals surface area contributed by atoms with E-state index in [4.69, 9.17) is 4.74 Å². The third kappa shape index (κ3) is 8.26. The lowest BCUT2D eigenvalue weighted by Gasteiger charge is -2.31. The molecule has 1 aliphatic rings. The number of benzene rings is 2. The zero-order valence-corrected chi connectivity index (χ0v) is 25.0. The first-order valence-electron chi connectivity index (χ1n) is 13.5. The molecule has 2 heterocycles. The Morgan fingerprint density at radius 2 is 1.64 bits per heavy atom. The SMILES string of the molecule is CC(C)(C)OC(=O)NC(CC(=O)N1CCn2c(C(F)(F)F)nc(NS(=O)(=O)c3ccccc3)c2C1)Cc1cc(F)c(F)cc1F. The molecular formula is C28H29F6N5O5S. The minimum Gasteiger partial charge on any atom is -0.444 e. The van der Waals surface area contributed by atoms with Gasteiger partial charge in [-0.25, -0.2) is 31.4 Å². The predicted octanol–water partition coefficient (Wildman–Crippen LogP) is 4.99. The average molecular weight is 662 g/mol. The molecule has 2 N–H and O–H groups in total. The van der Waals surface area contributed by atoms with Gasteiger partial charge in [-0.3, -0.25) is 9.52 Å². The van der Waals surface area contributed by atoms with Crippen LogP contribution in [0.15, 0.2) is 47.4 Å². The second-order valence-electron chi connectivity index (χ2n) is 11.2. The number of carbonyl (C=O) groups excluding carboxylic acids is 2. The summed E-state index contributed by atoms with van der Waals surface area (Å²) in [4.78, 5) is 30.3. The van der Waals surface area contributed by atoms with Gasteiger partial charge in [-0.05, 0) is 51.0 Å². The maximum atomic E-state index is 14.5. The van der Waals surface area contributed by atoms with Gasteiger partial charge in [0.2, 0.25) is 11.7 Å². The number of alkyl carbamates (subject to hydrolysis) is 1. The molecule has 2 amide bonds. The number of sulfonamides is 1. The number of aromatic nitrogens is 2. The first kappa shape index (κ1) is 33.6. The van der Waals surface area contributed by atoms with E-state index in [1.807, 2.05) is 0 Å². The topological polar surface area (TPSA) is 123 Å². The van der Waals surface area contributed by atoms with Crippen LogP contribution in [0.5, 0.6) is 0 Å². The van der Waals surface area contributed by atoms with Crippen molar-refractivity contribution >= 4 is 27.8 Å². The van der Waals surface area contributed by atoms with Crippen LogP contribution in [0.25, 0.3) is 0 Å². The summed E-state index contributed by atoms with van der Waals surface area (Å²) < 4.78 is 117. The number of nitrogens with one attached hydrogen (secondary N) is 2. The number of rotatable bonds is 8. The molecule has 0 saturated carbocycles. The molecule has 17 heteroatoms. The van der Waals surface area contributed by atoms with Crippen molar-refractivity contribution < 1.29 is 49.1 Å². The molecule has 45 heavy (non-hydrogen) atoms. The number of hydrogen-bond acceptors (Lipinski definition) is 6. The summed E-state index contributed by atoms with van der Waals surface area (Å²) in [5.74, 6) is -6.65. The minimum absolute atomic E-state index is 0.232. The van der Waals surface area contributed by atoms with Crippen molar-refractivity contribution in [2.45, 2.75) is 69.4 Å². The summed E-state index contributed by atoms with van der Waals surface area (Å²) in [5, 5.41) is 2.41. The molecule has 4 rings (SSSR count). The van der Waals surface area contributed by atoms with E-state index in [0.717, 1.165) is 9.47 Å². The quantitative estimate of drug-likeness (QED) is 0.259. The molecule has 1 unspecified atom stereocenters. The van der Waals surface area contributed by atoms with Gasteiger partial charge >= 0.3 is 12.3 Å². The maximum absolute atomic E-state index is 14.5. The molecule has 0 saturated heterocycles. The van der Waals surface area contributed by atoms with Crippen LogP contribution in [-0.2, 0) is 45.2 Å². The highest BCUT2D eigenvalue weighted by atomic mass is 32.2. The Balaban J connectivity index is 1.61. The Kier molecular flexibility index (Phi) is 9.42. The summed E-state index contributed by atoms with van der Waals surface area (Å²) in [6, 6.07) is 6.55. The fraction of sp³-hybridized carbons (Fsp3) is 0.393. The van der Waals surface area contributed by atoms with E-state index in [1.54, 1.807) is 26.8 Å². The standard InChI is InChI=1S/C28H29F6N5O5S/c1-27(2,3)44-26(41)35-17(11-16-12-20(30)21(31)14-19(16)29)13-23(40)38-9-10-39-22(15-38)24(36-25(39)28(32,33)34)37-45(42,43)18-7-5-4-6-8-18/h4-8,12,14,17,37H,9-11,13,15H2,1-3H3,(H,35,41). The summed E-state index contributed by atoms with van der Waals surface area (Å²) in [5.41, 5.74) is -1.56. The third-order valence-corrected chi connectivity index (χ3v) is 7.95.